The van der Waals surface area contributed by atoms with E-state index in [0.29, 0.717) is 42.9 Å². The van der Waals surface area contributed by atoms with Gasteiger partial charge in [-0.25, -0.2) is 15.8 Å². The van der Waals surface area contributed by atoms with Crippen molar-refractivity contribution in [2.24, 2.45) is 10.2 Å². The van der Waals surface area contributed by atoms with Crippen molar-refractivity contribution in [2.45, 2.75) is 25.3 Å². The molecule has 0 bridgehead atoms. The Morgan fingerprint density at radius 2 is 1.32 bits per heavy atom. The summed E-state index contributed by atoms with van der Waals surface area (Å²) in [7, 11) is 0. The zero-order valence-corrected chi connectivity index (χ0v) is 34.2. The number of nitrogens with zero attached hydrogens (tertiary/aromatic N) is 6. The van der Waals surface area contributed by atoms with Crippen molar-refractivity contribution in [3.05, 3.63) is 144 Å². The highest BCUT2D eigenvalue weighted by molar-refractivity contribution is 6.17. The largest absolute Gasteiger partial charge is 0.507 e. The average Bonchev–Trinajstić information content (AvgIpc) is 3.26. The molecular formula is C44H56ClN10O4+. The molecule has 15 heteroatoms. The Morgan fingerprint density at radius 3 is 1.80 bits per heavy atom. The van der Waals surface area contributed by atoms with E-state index >= 15 is 0 Å². The molecule has 0 spiro atoms. The van der Waals surface area contributed by atoms with Crippen LogP contribution in [0, 0.1) is 0 Å². The van der Waals surface area contributed by atoms with Crippen LogP contribution in [0.15, 0.2) is 121 Å². The molecule has 2 aliphatic heterocycles. The number of aromatic amines is 1. The van der Waals surface area contributed by atoms with Crippen molar-refractivity contribution in [1.29, 1.82) is 0 Å². The fourth-order valence-electron chi connectivity index (χ4n) is 6.10. The van der Waals surface area contributed by atoms with E-state index in [2.05, 4.69) is 64.2 Å². The van der Waals surface area contributed by atoms with Crippen molar-refractivity contribution in [3.8, 4) is 11.5 Å². The molecule has 2 amide bonds. The van der Waals surface area contributed by atoms with Gasteiger partial charge in [0.25, 0.3) is 11.8 Å². The molecule has 0 saturated carbocycles. The molecule has 0 unspecified atom stereocenters. The zero-order chi connectivity index (χ0) is 42.1. The van der Waals surface area contributed by atoms with Gasteiger partial charge in [-0.05, 0) is 54.3 Å². The molecular weight excluding hydrogens is 768 g/mol. The quantitative estimate of drug-likeness (QED) is 0.0521. The molecule has 0 radical (unpaired) electrons. The Kier molecular flexibility index (Phi) is 20.5. The molecule has 2 aromatic heterocycles. The highest BCUT2D eigenvalue weighted by atomic mass is 35.5. The average molecular weight is 824 g/mol. The lowest BCUT2D eigenvalue weighted by Gasteiger charge is -2.33. The number of allylic oxidation sites excluding steroid dienone is 2. The number of hydrogen-bond acceptors (Lipinski definition) is 11. The first-order chi connectivity index (χ1) is 28.8. The third-order valence-electron chi connectivity index (χ3n) is 9.26. The number of hydrazone groups is 2. The number of aromatic hydroxyl groups is 2. The summed E-state index contributed by atoms with van der Waals surface area (Å²) in [5.41, 5.74) is 9.91. The zero-order valence-electron chi connectivity index (χ0n) is 33.5. The van der Waals surface area contributed by atoms with Crippen LogP contribution >= 0.6 is 11.6 Å². The monoisotopic (exact) mass is 823 g/mol. The van der Waals surface area contributed by atoms with E-state index in [1.54, 1.807) is 24.3 Å². The van der Waals surface area contributed by atoms with Crippen LogP contribution < -0.4 is 21.2 Å². The Balaban J connectivity index is 0.000000225. The number of alkyl halides is 1. The van der Waals surface area contributed by atoms with Crippen molar-refractivity contribution >= 4 is 35.8 Å². The highest BCUT2D eigenvalue weighted by Gasteiger charge is 2.19. The van der Waals surface area contributed by atoms with Crippen LogP contribution in [0.2, 0.25) is 0 Å². The van der Waals surface area contributed by atoms with Crippen LogP contribution in [-0.2, 0) is 34.9 Å². The van der Waals surface area contributed by atoms with E-state index < -0.39 is 0 Å². The van der Waals surface area contributed by atoms with E-state index in [4.69, 9.17) is 11.6 Å². The molecule has 0 atom stereocenters. The second kappa shape index (κ2) is 26.3. The number of nitrogens with one attached hydrogen (secondary N) is 4. The van der Waals surface area contributed by atoms with E-state index in [1.165, 1.54) is 12.4 Å². The van der Waals surface area contributed by atoms with Crippen LogP contribution in [0.5, 0.6) is 11.5 Å². The maximum absolute atomic E-state index is 12.2. The van der Waals surface area contributed by atoms with Crippen LogP contribution in [0.4, 0.5) is 0 Å². The standard InChI is InChI=1S/C22H27N5O2.C16H22N4O2.C6H6ClN/c1-2-6-18-7-5-8-19(22(18)29)15-24-25-21(28)17-27-13-11-26(12-14-27)16-20-9-3-4-10-23-20;1-2-4-13-5-3-6-14(16(13)22)11-18-19-15(21)12-20-9-7-17-8-10-20;7-4-6-2-1-3-8-5-6/h2-5,7-10,15,29H,1,6,11-14,16-17H2,(H,25,28);2-3,5-6,11,17,22H,1,4,7-10,12H2,(H,19,21);1-3,5H,4H2/p+1/b24-15+;18-11+;. The number of hydrogen-bond donors (Lipinski definition) is 5. The lowest BCUT2D eigenvalue weighted by molar-refractivity contribution is -0.378. The second-order valence-corrected chi connectivity index (χ2v) is 14.0. The number of phenolic OH excluding ortho intramolecular Hbond substituents is 2. The van der Waals surface area contributed by atoms with Crippen LogP contribution in [0.3, 0.4) is 0 Å². The number of pyridine rings is 2. The maximum Gasteiger partial charge on any atom is 0.254 e. The van der Waals surface area contributed by atoms with Crippen LogP contribution in [-0.4, -0.2) is 120 Å². The molecule has 4 heterocycles. The fourth-order valence-corrected chi connectivity index (χ4v) is 6.27. The van der Waals surface area contributed by atoms with Gasteiger partial charge in [-0.1, -0.05) is 42.5 Å². The second-order valence-electron chi connectivity index (χ2n) is 13.7. The van der Waals surface area contributed by atoms with Crippen molar-refractivity contribution in [3.63, 3.8) is 0 Å². The lowest BCUT2D eigenvalue weighted by Crippen LogP contribution is -2.48. The number of aromatic nitrogens is 2. The van der Waals surface area contributed by atoms with Gasteiger partial charge < -0.3 is 15.5 Å². The molecule has 6 N–H and O–H groups in total. The van der Waals surface area contributed by atoms with Crippen molar-refractivity contribution in [2.75, 3.05) is 65.4 Å². The van der Waals surface area contributed by atoms with Crippen LogP contribution in [0.25, 0.3) is 0 Å². The first kappa shape index (κ1) is 45.9. The number of amides is 2. The molecule has 0 aliphatic carbocycles. The minimum atomic E-state index is -0.166. The molecule has 312 valence electrons. The summed E-state index contributed by atoms with van der Waals surface area (Å²) >= 11 is 5.51. The van der Waals surface area contributed by atoms with Crippen molar-refractivity contribution < 1.29 is 24.8 Å². The number of rotatable bonds is 15. The summed E-state index contributed by atoms with van der Waals surface area (Å²) in [4.78, 5) is 37.8. The predicted molar refractivity (Wildman–Crippen MR) is 233 cm³/mol. The van der Waals surface area contributed by atoms with Gasteiger partial charge in [0, 0.05) is 87.9 Å². The molecule has 2 aromatic carbocycles. The van der Waals surface area contributed by atoms with Gasteiger partial charge in [-0.2, -0.15) is 10.2 Å². The Bertz CT molecular complexity index is 1950. The summed E-state index contributed by atoms with van der Waals surface area (Å²) in [5.74, 6) is 0.593. The lowest BCUT2D eigenvalue weighted by atomic mass is 10.1. The Morgan fingerprint density at radius 1 is 0.763 bits per heavy atom. The molecule has 6 rings (SSSR count). The highest BCUT2D eigenvalue weighted by Crippen LogP contribution is 2.22. The Hall–Kier alpha value is -5.77. The van der Waals surface area contributed by atoms with Gasteiger partial charge in [-0.3, -0.25) is 29.3 Å². The molecule has 2 fully saturated rings. The summed E-state index contributed by atoms with van der Waals surface area (Å²) in [6.07, 6.45) is 13.1. The normalized spacial score (nSPS) is 14.7. The number of H-pyrrole nitrogens is 1. The summed E-state index contributed by atoms with van der Waals surface area (Å²) < 4.78 is 0. The number of piperazine rings is 2. The molecule has 2 saturated heterocycles. The fraction of sp³-hybridized carbons (Fsp3) is 0.318. The molecule has 4 aromatic rings. The third kappa shape index (κ3) is 16.9. The predicted octanol–water partition coefficient (Wildman–Crippen LogP) is 3.50. The van der Waals surface area contributed by atoms with Gasteiger partial charge >= 0.3 is 0 Å². The number of benzene rings is 2. The molecule has 2 aliphatic rings. The third-order valence-corrected chi connectivity index (χ3v) is 9.57. The summed E-state index contributed by atoms with van der Waals surface area (Å²) in [6.45, 7) is 15.8. The number of para-hydroxylation sites is 2. The molecule has 14 nitrogen and oxygen atoms in total. The van der Waals surface area contributed by atoms with E-state index in [1.807, 2.05) is 73.2 Å². The van der Waals surface area contributed by atoms with Crippen LogP contribution in [0.1, 0.15) is 33.5 Å². The summed E-state index contributed by atoms with van der Waals surface area (Å²) in [5, 5.41) is 31.4. The van der Waals surface area contributed by atoms with E-state index in [-0.39, 0.29) is 23.3 Å². The number of carbonyl (C=O) groups excluding carboxylic acids is 2. The minimum absolute atomic E-state index is 0.153. The van der Waals surface area contributed by atoms with Gasteiger partial charge in [-0.15, -0.1) is 24.8 Å². The van der Waals surface area contributed by atoms with E-state index in [0.717, 1.165) is 81.3 Å². The molecule has 59 heavy (non-hydrogen) atoms. The van der Waals surface area contributed by atoms with E-state index in [9.17, 15) is 19.8 Å². The van der Waals surface area contributed by atoms with Gasteiger partial charge in [0.1, 0.15) is 11.5 Å². The maximum atomic E-state index is 12.2. The first-order valence-electron chi connectivity index (χ1n) is 19.6. The van der Waals surface area contributed by atoms with Gasteiger partial charge in [0.15, 0.2) is 12.4 Å². The van der Waals surface area contributed by atoms with Gasteiger partial charge in [0.05, 0.1) is 37.1 Å². The van der Waals surface area contributed by atoms with Crippen molar-refractivity contribution in [1.82, 2.24) is 35.9 Å². The minimum Gasteiger partial charge on any atom is -0.507 e. The first-order valence-corrected chi connectivity index (χ1v) is 20.1. The number of carbonyl (C=O) groups is 2. The SMILES string of the molecule is C=CCc1cccc(/C=N/NC(=O)CN2CCN(Cc3ccccn3)CC2)c1O.C=CCc1cccc(/C=N/NC(=O)CN2CCNCC2)c1O.ClCc1ccc[nH+]c1. The number of halogens is 1. The smallest absolute Gasteiger partial charge is 0.254 e. The Labute approximate surface area is 352 Å². The topological polar surface area (TPSA) is 172 Å². The van der Waals surface area contributed by atoms with Gasteiger partial charge in [0.2, 0.25) is 0 Å². The number of phenols is 2. The summed E-state index contributed by atoms with van der Waals surface area (Å²) in [6, 6.07) is 20.7.